The highest BCUT2D eigenvalue weighted by Gasteiger charge is 2.30. The minimum absolute atomic E-state index is 0.135. The van der Waals surface area contributed by atoms with Crippen LogP contribution >= 0.6 is 15.9 Å². The number of rotatable bonds is 8. The summed E-state index contributed by atoms with van der Waals surface area (Å²) in [5, 5.41) is 14.9. The number of aromatic nitrogens is 2. The SMILES string of the molecule is CN(C(=O)O)C(CCCOc1ccccc1-c1ccc(-c2nn(C)c3cc(Br)ccc23)c(F)c1)C(C)(C)C. The Morgan fingerprint density at radius 3 is 2.55 bits per heavy atom. The summed E-state index contributed by atoms with van der Waals surface area (Å²) in [4.78, 5) is 12.9. The molecule has 1 amide bonds. The van der Waals surface area contributed by atoms with Gasteiger partial charge in [0.2, 0.25) is 0 Å². The lowest BCUT2D eigenvalue weighted by molar-refractivity contribution is 0.0905. The normalized spacial score (nSPS) is 12.5. The topological polar surface area (TPSA) is 67.6 Å². The molecule has 4 aromatic rings. The molecule has 3 aromatic carbocycles. The van der Waals surface area contributed by atoms with Crippen molar-refractivity contribution in [2.24, 2.45) is 12.5 Å². The number of benzene rings is 3. The Balaban J connectivity index is 1.53. The molecule has 0 spiro atoms. The fourth-order valence-electron chi connectivity index (χ4n) is 4.93. The number of carboxylic acid groups (broad SMARTS) is 1. The van der Waals surface area contributed by atoms with Crippen LogP contribution in [0.3, 0.4) is 0 Å². The number of carbonyl (C=O) groups is 1. The first kappa shape index (κ1) is 27.6. The summed E-state index contributed by atoms with van der Waals surface area (Å²) in [5.74, 6) is 0.302. The average molecular weight is 583 g/mol. The number of ether oxygens (including phenoxy) is 1. The van der Waals surface area contributed by atoms with Gasteiger partial charge in [-0.25, -0.2) is 9.18 Å². The van der Waals surface area contributed by atoms with Crippen molar-refractivity contribution >= 4 is 32.9 Å². The van der Waals surface area contributed by atoms with Crippen molar-refractivity contribution in [2.45, 2.75) is 39.7 Å². The molecule has 0 bridgehead atoms. The fourth-order valence-corrected chi connectivity index (χ4v) is 5.28. The molecule has 0 fully saturated rings. The number of amides is 1. The van der Waals surface area contributed by atoms with E-state index in [-0.39, 0.29) is 17.3 Å². The van der Waals surface area contributed by atoms with Crippen LogP contribution in [0, 0.1) is 11.2 Å². The molecule has 0 aliphatic heterocycles. The largest absolute Gasteiger partial charge is 0.493 e. The summed E-state index contributed by atoms with van der Waals surface area (Å²) in [6.45, 7) is 6.54. The molecule has 0 aliphatic carbocycles. The zero-order chi connectivity index (χ0) is 27.6. The summed E-state index contributed by atoms with van der Waals surface area (Å²) in [6, 6.07) is 18.4. The molecule has 8 heteroatoms. The summed E-state index contributed by atoms with van der Waals surface area (Å²) in [6.07, 6.45) is 0.421. The van der Waals surface area contributed by atoms with E-state index >= 15 is 4.39 Å². The summed E-state index contributed by atoms with van der Waals surface area (Å²) in [5.41, 5.74) is 3.27. The predicted octanol–water partition coefficient (Wildman–Crippen LogP) is 7.99. The smallest absolute Gasteiger partial charge is 0.407 e. The van der Waals surface area contributed by atoms with E-state index in [1.165, 1.54) is 11.0 Å². The van der Waals surface area contributed by atoms with Crippen LogP contribution in [0.25, 0.3) is 33.3 Å². The van der Waals surface area contributed by atoms with E-state index in [1.807, 2.05) is 76.3 Å². The van der Waals surface area contributed by atoms with Gasteiger partial charge in [-0.15, -0.1) is 0 Å². The van der Waals surface area contributed by atoms with Crippen molar-refractivity contribution in [1.29, 1.82) is 0 Å². The molecule has 0 saturated heterocycles. The Kier molecular flexibility index (Phi) is 8.11. The molecule has 1 unspecified atom stereocenters. The molecule has 4 rings (SSSR count). The molecule has 0 aliphatic rings. The number of hydrogen-bond donors (Lipinski definition) is 1. The number of nitrogens with zero attached hydrogens (tertiary/aromatic N) is 3. The van der Waals surface area contributed by atoms with Gasteiger partial charge in [0.15, 0.2) is 0 Å². The Hall–Kier alpha value is -3.39. The van der Waals surface area contributed by atoms with Crippen LogP contribution in [0.1, 0.15) is 33.6 Å². The van der Waals surface area contributed by atoms with Crippen molar-refractivity contribution in [1.82, 2.24) is 14.7 Å². The van der Waals surface area contributed by atoms with E-state index in [0.717, 1.165) is 20.9 Å². The molecular weight excluding hydrogens is 549 g/mol. The first-order chi connectivity index (χ1) is 18.0. The average Bonchev–Trinajstić information content (AvgIpc) is 3.18. The van der Waals surface area contributed by atoms with Gasteiger partial charge < -0.3 is 14.7 Å². The molecule has 1 aromatic heterocycles. The Labute approximate surface area is 231 Å². The standard InChI is InChI=1S/C30H33BrFN3O3/c1-30(2,3)27(34(4)29(36)37)11-8-16-38-26-10-7-6-9-21(26)19-12-14-22(24(32)17-19)28-23-15-13-20(31)18-25(23)35(5)33-28/h6-7,9-10,12-15,17-18,27H,8,11,16H2,1-5H3,(H,36,37). The van der Waals surface area contributed by atoms with Crippen molar-refractivity contribution in [2.75, 3.05) is 13.7 Å². The highest BCUT2D eigenvalue weighted by Crippen LogP contribution is 2.36. The Morgan fingerprint density at radius 2 is 1.87 bits per heavy atom. The Morgan fingerprint density at radius 1 is 1.13 bits per heavy atom. The van der Waals surface area contributed by atoms with Crippen molar-refractivity contribution in [3.8, 4) is 28.1 Å². The van der Waals surface area contributed by atoms with Gasteiger partial charge >= 0.3 is 6.09 Å². The van der Waals surface area contributed by atoms with Crippen LogP contribution in [-0.4, -0.2) is 45.6 Å². The maximum absolute atomic E-state index is 15.5. The molecule has 0 saturated carbocycles. The van der Waals surface area contributed by atoms with Gasteiger partial charge in [-0.1, -0.05) is 61.0 Å². The van der Waals surface area contributed by atoms with Gasteiger partial charge in [0.05, 0.1) is 12.1 Å². The molecule has 200 valence electrons. The van der Waals surface area contributed by atoms with E-state index in [0.29, 0.717) is 42.0 Å². The second-order valence-corrected chi connectivity index (χ2v) is 11.5. The highest BCUT2D eigenvalue weighted by atomic mass is 79.9. The van der Waals surface area contributed by atoms with Crippen LogP contribution in [0.4, 0.5) is 9.18 Å². The van der Waals surface area contributed by atoms with E-state index < -0.39 is 6.09 Å². The van der Waals surface area contributed by atoms with Gasteiger partial charge in [-0.05, 0) is 60.2 Å². The van der Waals surface area contributed by atoms with Gasteiger partial charge in [0.1, 0.15) is 17.3 Å². The molecule has 38 heavy (non-hydrogen) atoms. The van der Waals surface area contributed by atoms with Crippen LogP contribution in [0.5, 0.6) is 5.75 Å². The van der Waals surface area contributed by atoms with Crippen molar-refractivity contribution < 1.29 is 19.0 Å². The van der Waals surface area contributed by atoms with Crippen LogP contribution in [-0.2, 0) is 7.05 Å². The predicted molar refractivity (Wildman–Crippen MR) is 153 cm³/mol. The minimum atomic E-state index is -0.937. The summed E-state index contributed by atoms with van der Waals surface area (Å²) in [7, 11) is 3.46. The number of para-hydroxylation sites is 1. The molecule has 6 nitrogen and oxygen atoms in total. The summed E-state index contributed by atoms with van der Waals surface area (Å²) >= 11 is 3.49. The first-order valence-corrected chi connectivity index (χ1v) is 13.4. The quantitative estimate of drug-likeness (QED) is 0.214. The van der Waals surface area contributed by atoms with E-state index in [9.17, 15) is 9.90 Å². The zero-order valence-corrected chi connectivity index (χ0v) is 23.9. The van der Waals surface area contributed by atoms with Gasteiger partial charge in [0, 0.05) is 41.1 Å². The lowest BCUT2D eigenvalue weighted by Gasteiger charge is -2.36. The van der Waals surface area contributed by atoms with Crippen LogP contribution < -0.4 is 4.74 Å². The van der Waals surface area contributed by atoms with E-state index in [1.54, 1.807) is 17.8 Å². The monoisotopic (exact) mass is 581 g/mol. The lowest BCUT2D eigenvalue weighted by Crippen LogP contribution is -2.44. The first-order valence-electron chi connectivity index (χ1n) is 12.6. The number of halogens is 2. The van der Waals surface area contributed by atoms with Gasteiger partial charge in [-0.2, -0.15) is 5.10 Å². The fraction of sp³-hybridized carbons (Fsp3) is 0.333. The van der Waals surface area contributed by atoms with Crippen molar-refractivity contribution in [3.05, 3.63) is 71.0 Å². The molecule has 1 N–H and O–H groups in total. The maximum atomic E-state index is 15.5. The lowest BCUT2D eigenvalue weighted by atomic mass is 9.83. The van der Waals surface area contributed by atoms with Crippen LogP contribution in [0.15, 0.2) is 65.1 Å². The second kappa shape index (κ2) is 11.2. The third-order valence-electron chi connectivity index (χ3n) is 6.88. The number of fused-ring (bicyclic) bond motifs is 1. The van der Waals surface area contributed by atoms with Gasteiger partial charge in [0.25, 0.3) is 0 Å². The molecule has 1 heterocycles. The minimum Gasteiger partial charge on any atom is -0.493 e. The maximum Gasteiger partial charge on any atom is 0.407 e. The Bertz CT molecular complexity index is 1460. The zero-order valence-electron chi connectivity index (χ0n) is 22.3. The molecule has 1 atom stereocenters. The van der Waals surface area contributed by atoms with Gasteiger partial charge in [-0.3, -0.25) is 4.68 Å². The summed E-state index contributed by atoms with van der Waals surface area (Å²) < 4.78 is 24.3. The highest BCUT2D eigenvalue weighted by molar-refractivity contribution is 9.10. The number of hydrogen-bond acceptors (Lipinski definition) is 3. The molecule has 0 radical (unpaired) electrons. The van der Waals surface area contributed by atoms with Crippen LogP contribution in [0.2, 0.25) is 0 Å². The third-order valence-corrected chi connectivity index (χ3v) is 7.38. The van der Waals surface area contributed by atoms with Crippen molar-refractivity contribution in [3.63, 3.8) is 0 Å². The number of aryl methyl sites for hydroxylation is 1. The second-order valence-electron chi connectivity index (χ2n) is 10.6. The van der Waals surface area contributed by atoms with E-state index in [4.69, 9.17) is 4.74 Å². The van der Waals surface area contributed by atoms with E-state index in [2.05, 4.69) is 21.0 Å². The molecular formula is C30H33BrFN3O3. The third kappa shape index (κ3) is 5.85.